The molecule has 0 heterocycles. The van der Waals surface area contributed by atoms with Crippen molar-refractivity contribution in [3.05, 3.63) is 35.9 Å². The van der Waals surface area contributed by atoms with Crippen LogP contribution in [0.25, 0.3) is 0 Å². The van der Waals surface area contributed by atoms with Gasteiger partial charge in [-0.2, -0.15) is 0 Å². The zero-order chi connectivity index (χ0) is 34.3. The molecule has 1 aromatic carbocycles. The summed E-state index contributed by atoms with van der Waals surface area (Å²) in [7, 11) is -0.399. The first-order chi connectivity index (χ1) is 21.8. The highest BCUT2D eigenvalue weighted by molar-refractivity contribution is 7.89. The van der Waals surface area contributed by atoms with Crippen LogP contribution < -0.4 is 10.6 Å². The second-order valence-corrected chi connectivity index (χ2v) is 15.5. The summed E-state index contributed by atoms with van der Waals surface area (Å²) in [5, 5.41) is 27.6. The molecule has 0 aromatic heterocycles. The third-order valence-electron chi connectivity index (χ3n) is 9.03. The predicted octanol–water partition coefficient (Wildman–Crippen LogP) is 2.79. The van der Waals surface area contributed by atoms with Crippen LogP contribution in [-0.2, 0) is 26.0 Å². The van der Waals surface area contributed by atoms with Crippen molar-refractivity contribution in [1.82, 2.24) is 19.8 Å². The number of benzene rings is 1. The van der Waals surface area contributed by atoms with Crippen LogP contribution in [0.15, 0.2) is 30.3 Å². The number of amides is 2. The van der Waals surface area contributed by atoms with E-state index in [0.717, 1.165) is 44.2 Å². The van der Waals surface area contributed by atoms with Crippen LogP contribution in [0.4, 0.5) is 0 Å². The number of likely N-dealkylation sites (N-methyl/N-ethyl adjacent to an activating group) is 2. The fourth-order valence-electron chi connectivity index (χ4n) is 5.97. The maximum absolute atomic E-state index is 13.8. The Balaban J connectivity index is 2.26. The van der Waals surface area contributed by atoms with Gasteiger partial charge in [0.15, 0.2) is 0 Å². The van der Waals surface area contributed by atoms with Gasteiger partial charge in [0.25, 0.3) is 0 Å². The van der Waals surface area contributed by atoms with Crippen molar-refractivity contribution in [2.45, 2.75) is 103 Å². The molecule has 1 fully saturated rings. The van der Waals surface area contributed by atoms with Gasteiger partial charge in [0.1, 0.15) is 12.1 Å². The minimum atomic E-state index is -3.82. The van der Waals surface area contributed by atoms with Crippen LogP contribution in [0.1, 0.15) is 77.7 Å². The molecular weight excluding hydrogens is 604 g/mol. The molecule has 10 nitrogen and oxygen atoms in total. The minimum absolute atomic E-state index is 0.119. The minimum Gasteiger partial charge on any atom is -0.390 e. The molecule has 1 aromatic rings. The van der Waals surface area contributed by atoms with Crippen LogP contribution in [0.3, 0.4) is 0 Å². The number of aliphatic hydroxyl groups is 2. The SMILES string of the molecule is C#CC[C@H](NC(=O)[C@H](Cc1ccccc1)CS(=O)(=O)N(C)CCN(C)CC)C(=O)N[C@@H](CC1CCCCC1)[C@@H](O)[C@@H](O)CC(C)C. The van der Waals surface area contributed by atoms with Crippen LogP contribution >= 0.6 is 0 Å². The Bertz CT molecular complexity index is 1200. The number of nitrogens with zero attached hydrogens (tertiary/aromatic N) is 2. The zero-order valence-electron chi connectivity index (χ0n) is 28.5. The quantitative estimate of drug-likeness (QED) is 0.158. The third kappa shape index (κ3) is 13.7. The van der Waals surface area contributed by atoms with E-state index in [2.05, 4.69) is 16.6 Å². The Morgan fingerprint density at radius 2 is 1.67 bits per heavy atom. The standard InChI is InChI=1S/C35H58N4O6S/c1-7-15-30(35(43)37-31(24-28-18-13-10-14-19-28)33(41)32(40)22-26(3)4)36-34(42)29(23-27-16-11-9-12-17-27)25-46(44,45)39(6)21-20-38(5)8-2/h1,9,11-12,16-17,26,28-33,40-41H,8,10,13-15,18-25H2,2-6H3,(H,36,42)(H,37,43)/t29-,30+,31+,32+,33-/m1/s1. The summed E-state index contributed by atoms with van der Waals surface area (Å²) < 4.78 is 28.1. The number of hydrogen-bond acceptors (Lipinski definition) is 7. The highest BCUT2D eigenvalue weighted by atomic mass is 32.2. The van der Waals surface area contributed by atoms with Gasteiger partial charge in [-0.25, -0.2) is 12.7 Å². The zero-order valence-corrected chi connectivity index (χ0v) is 29.3. The van der Waals surface area contributed by atoms with Crippen molar-refractivity contribution in [3.8, 4) is 12.3 Å². The van der Waals surface area contributed by atoms with E-state index in [-0.39, 0.29) is 25.3 Å². The maximum Gasteiger partial charge on any atom is 0.243 e. The number of carbonyl (C=O) groups excluding carboxylic acids is 2. The third-order valence-corrected chi connectivity index (χ3v) is 11.0. The van der Waals surface area contributed by atoms with Crippen molar-refractivity contribution in [2.24, 2.45) is 17.8 Å². The smallest absolute Gasteiger partial charge is 0.243 e. The molecular formula is C35H58N4O6S. The lowest BCUT2D eigenvalue weighted by Crippen LogP contribution is -2.56. The lowest BCUT2D eigenvalue weighted by Gasteiger charge is -2.33. The molecule has 5 atom stereocenters. The Kier molecular flexibility index (Phi) is 17.3. The summed E-state index contributed by atoms with van der Waals surface area (Å²) in [6.45, 7) is 7.51. The van der Waals surface area contributed by atoms with Crippen LogP contribution in [0.2, 0.25) is 0 Å². The van der Waals surface area contributed by atoms with Crippen LogP contribution in [0, 0.1) is 30.1 Å². The highest BCUT2D eigenvalue weighted by Crippen LogP contribution is 2.29. The van der Waals surface area contributed by atoms with E-state index in [1.165, 1.54) is 11.4 Å². The largest absolute Gasteiger partial charge is 0.390 e. The molecule has 4 N–H and O–H groups in total. The molecule has 11 heteroatoms. The van der Waals surface area contributed by atoms with Gasteiger partial charge in [0.05, 0.1) is 23.8 Å². The van der Waals surface area contributed by atoms with Gasteiger partial charge in [-0.3, -0.25) is 9.59 Å². The van der Waals surface area contributed by atoms with Crippen LogP contribution in [0.5, 0.6) is 0 Å². The number of terminal acetylenes is 1. The lowest BCUT2D eigenvalue weighted by atomic mass is 9.82. The number of aliphatic hydroxyl groups excluding tert-OH is 2. The number of hydrogen-bond donors (Lipinski definition) is 4. The molecule has 0 radical (unpaired) electrons. The van der Waals surface area contributed by atoms with E-state index in [1.54, 1.807) is 0 Å². The molecule has 1 aliphatic rings. The van der Waals surface area contributed by atoms with Gasteiger partial charge in [-0.1, -0.05) is 83.2 Å². The van der Waals surface area contributed by atoms with Crippen molar-refractivity contribution >= 4 is 21.8 Å². The molecule has 0 aliphatic heterocycles. The van der Waals surface area contributed by atoms with Crippen molar-refractivity contribution in [2.75, 3.05) is 39.5 Å². The van der Waals surface area contributed by atoms with E-state index in [9.17, 15) is 28.2 Å². The van der Waals surface area contributed by atoms with Crippen molar-refractivity contribution < 1.29 is 28.2 Å². The Morgan fingerprint density at radius 1 is 1.02 bits per heavy atom. The summed E-state index contributed by atoms with van der Waals surface area (Å²) >= 11 is 0. The average Bonchev–Trinajstić information content (AvgIpc) is 3.02. The molecule has 1 saturated carbocycles. The van der Waals surface area contributed by atoms with E-state index in [4.69, 9.17) is 6.42 Å². The first-order valence-corrected chi connectivity index (χ1v) is 18.4. The van der Waals surface area contributed by atoms with E-state index >= 15 is 0 Å². The highest BCUT2D eigenvalue weighted by Gasteiger charge is 2.35. The normalized spacial score (nSPS) is 17.7. The van der Waals surface area contributed by atoms with Gasteiger partial charge in [-0.15, -0.1) is 12.3 Å². The Hall–Kier alpha value is -2.49. The fourth-order valence-corrected chi connectivity index (χ4v) is 7.36. The van der Waals surface area contributed by atoms with Crippen molar-refractivity contribution in [1.29, 1.82) is 0 Å². The maximum atomic E-state index is 13.8. The Morgan fingerprint density at radius 3 is 2.26 bits per heavy atom. The topological polar surface area (TPSA) is 139 Å². The molecule has 2 rings (SSSR count). The van der Waals surface area contributed by atoms with Crippen molar-refractivity contribution in [3.63, 3.8) is 0 Å². The summed E-state index contributed by atoms with van der Waals surface area (Å²) in [5.74, 6) is 0.328. The fraction of sp³-hybridized carbons (Fsp3) is 0.714. The van der Waals surface area contributed by atoms with Gasteiger partial charge >= 0.3 is 0 Å². The lowest BCUT2D eigenvalue weighted by molar-refractivity contribution is -0.132. The summed E-state index contributed by atoms with van der Waals surface area (Å²) in [4.78, 5) is 29.5. The molecule has 260 valence electrons. The van der Waals surface area contributed by atoms with Gasteiger partial charge in [-0.05, 0) is 50.3 Å². The van der Waals surface area contributed by atoms with Crippen LogP contribution in [-0.4, -0.2) is 103 Å². The molecule has 0 bridgehead atoms. The summed E-state index contributed by atoms with van der Waals surface area (Å²) in [6, 6.07) is 7.29. The van der Waals surface area contributed by atoms with Gasteiger partial charge < -0.3 is 25.7 Å². The molecule has 0 spiro atoms. The second kappa shape index (κ2) is 20.0. The van der Waals surface area contributed by atoms with Gasteiger partial charge in [0.2, 0.25) is 21.8 Å². The summed E-state index contributed by atoms with van der Waals surface area (Å²) in [5.41, 5.74) is 0.791. The van der Waals surface area contributed by atoms with E-state index in [1.807, 2.05) is 63.1 Å². The number of nitrogens with one attached hydrogen (secondary N) is 2. The average molecular weight is 663 g/mol. The van der Waals surface area contributed by atoms with Gasteiger partial charge in [0, 0.05) is 26.6 Å². The first kappa shape index (κ1) is 39.7. The van der Waals surface area contributed by atoms with E-state index < -0.39 is 57.8 Å². The molecule has 0 unspecified atom stereocenters. The number of carbonyl (C=O) groups is 2. The monoisotopic (exact) mass is 662 g/mol. The molecule has 1 aliphatic carbocycles. The number of rotatable bonds is 20. The Labute approximate surface area is 277 Å². The second-order valence-electron chi connectivity index (χ2n) is 13.4. The summed E-state index contributed by atoms with van der Waals surface area (Å²) in [6.07, 6.45) is 9.64. The predicted molar refractivity (Wildman–Crippen MR) is 183 cm³/mol. The number of sulfonamides is 1. The molecule has 2 amide bonds. The molecule has 46 heavy (non-hydrogen) atoms. The first-order valence-electron chi connectivity index (χ1n) is 16.8. The van der Waals surface area contributed by atoms with E-state index in [0.29, 0.717) is 25.3 Å². The molecule has 0 saturated heterocycles.